The van der Waals surface area contributed by atoms with Crippen LogP contribution in [-0.4, -0.2) is 49.7 Å². The van der Waals surface area contributed by atoms with Crippen molar-refractivity contribution in [2.24, 2.45) is 0 Å². The molecule has 6 nitrogen and oxygen atoms in total. The predicted molar refractivity (Wildman–Crippen MR) is 108 cm³/mol. The standard InChI is InChI=1S/C19H23N3O3S.ClH/c20-17-9-7-16(8-10-17)15-19(23)21-11-4-12-22(14-13-21)26(24,25)18-5-2-1-3-6-18;/h1-3,5-10H,4,11-15,20H2;1H. The van der Waals surface area contributed by atoms with Crippen molar-refractivity contribution in [2.75, 3.05) is 31.9 Å². The van der Waals surface area contributed by atoms with Crippen molar-refractivity contribution in [1.29, 1.82) is 0 Å². The Morgan fingerprint density at radius 2 is 1.59 bits per heavy atom. The average molecular weight is 410 g/mol. The quantitative estimate of drug-likeness (QED) is 0.784. The third-order valence-electron chi connectivity index (χ3n) is 4.52. The van der Waals surface area contributed by atoms with Gasteiger partial charge in [-0.1, -0.05) is 30.3 Å². The van der Waals surface area contributed by atoms with E-state index in [0.717, 1.165) is 5.56 Å². The first-order valence-electron chi connectivity index (χ1n) is 8.64. The van der Waals surface area contributed by atoms with Crippen molar-refractivity contribution in [2.45, 2.75) is 17.7 Å². The van der Waals surface area contributed by atoms with Crippen LogP contribution < -0.4 is 5.73 Å². The topological polar surface area (TPSA) is 83.7 Å². The van der Waals surface area contributed by atoms with E-state index in [0.29, 0.717) is 49.6 Å². The molecule has 0 bridgehead atoms. The highest BCUT2D eigenvalue weighted by Crippen LogP contribution is 2.18. The van der Waals surface area contributed by atoms with Gasteiger partial charge in [0, 0.05) is 31.9 Å². The summed E-state index contributed by atoms with van der Waals surface area (Å²) < 4.78 is 27.0. The van der Waals surface area contributed by atoms with E-state index in [1.54, 1.807) is 47.4 Å². The summed E-state index contributed by atoms with van der Waals surface area (Å²) in [5.74, 6) is 0.00808. The molecule has 0 saturated carbocycles. The summed E-state index contributed by atoms with van der Waals surface area (Å²) in [6, 6.07) is 15.7. The van der Waals surface area contributed by atoms with Crippen molar-refractivity contribution in [1.82, 2.24) is 9.21 Å². The van der Waals surface area contributed by atoms with Gasteiger partial charge in [0.25, 0.3) is 0 Å². The maximum Gasteiger partial charge on any atom is 0.243 e. The first kappa shape index (κ1) is 21.2. The van der Waals surface area contributed by atoms with Crippen molar-refractivity contribution >= 4 is 34.0 Å². The summed E-state index contributed by atoms with van der Waals surface area (Å²) in [6.07, 6.45) is 0.922. The second-order valence-corrected chi connectivity index (χ2v) is 8.31. The Hall–Kier alpha value is -2.09. The molecule has 0 aromatic heterocycles. The number of sulfonamides is 1. The maximum atomic E-state index is 12.8. The minimum Gasteiger partial charge on any atom is -0.399 e. The van der Waals surface area contributed by atoms with Gasteiger partial charge in [-0.3, -0.25) is 4.79 Å². The number of carbonyl (C=O) groups is 1. The largest absolute Gasteiger partial charge is 0.399 e. The molecular weight excluding hydrogens is 386 g/mol. The summed E-state index contributed by atoms with van der Waals surface area (Å²) >= 11 is 0. The fourth-order valence-corrected chi connectivity index (χ4v) is 4.54. The molecule has 0 atom stereocenters. The molecule has 0 radical (unpaired) electrons. The highest BCUT2D eigenvalue weighted by atomic mass is 35.5. The Kier molecular flexibility index (Phi) is 7.24. The third kappa shape index (κ3) is 5.22. The molecule has 0 unspecified atom stereocenters. The van der Waals surface area contributed by atoms with Gasteiger partial charge in [-0.2, -0.15) is 4.31 Å². The van der Waals surface area contributed by atoms with Crippen molar-refractivity contribution in [3.8, 4) is 0 Å². The summed E-state index contributed by atoms with van der Waals surface area (Å²) in [5.41, 5.74) is 7.24. The smallest absolute Gasteiger partial charge is 0.243 e. The van der Waals surface area contributed by atoms with Crippen LogP contribution in [0.25, 0.3) is 0 Å². The molecule has 2 aromatic rings. The molecule has 8 heteroatoms. The normalized spacial score (nSPS) is 15.6. The predicted octanol–water partition coefficient (Wildman–Crippen LogP) is 2.16. The SMILES string of the molecule is Cl.Nc1ccc(CC(=O)N2CCCN(S(=O)(=O)c3ccccc3)CC2)cc1. The molecule has 1 amide bonds. The molecule has 2 N–H and O–H groups in total. The van der Waals surface area contributed by atoms with Gasteiger partial charge >= 0.3 is 0 Å². The molecule has 1 heterocycles. The van der Waals surface area contributed by atoms with Gasteiger partial charge in [0.2, 0.25) is 15.9 Å². The maximum absolute atomic E-state index is 12.8. The Labute approximate surface area is 166 Å². The Morgan fingerprint density at radius 3 is 2.26 bits per heavy atom. The highest BCUT2D eigenvalue weighted by Gasteiger charge is 2.28. The molecule has 3 rings (SSSR count). The van der Waals surface area contributed by atoms with Crippen LogP contribution in [0, 0.1) is 0 Å². The molecule has 1 aliphatic heterocycles. The average Bonchev–Trinajstić information content (AvgIpc) is 2.91. The van der Waals surface area contributed by atoms with Crippen LogP contribution in [-0.2, 0) is 21.2 Å². The van der Waals surface area contributed by atoms with Gasteiger partial charge in [-0.25, -0.2) is 8.42 Å². The Balaban J connectivity index is 0.00000261. The second-order valence-electron chi connectivity index (χ2n) is 6.37. The molecule has 0 spiro atoms. The highest BCUT2D eigenvalue weighted by molar-refractivity contribution is 7.89. The number of hydrogen-bond donors (Lipinski definition) is 1. The number of amides is 1. The van der Waals surface area contributed by atoms with Gasteiger partial charge in [-0.05, 0) is 36.2 Å². The van der Waals surface area contributed by atoms with E-state index in [1.165, 1.54) is 4.31 Å². The molecular formula is C19H24ClN3O3S. The molecule has 1 saturated heterocycles. The number of anilines is 1. The lowest BCUT2D eigenvalue weighted by atomic mass is 10.1. The minimum absolute atomic E-state index is 0. The number of rotatable bonds is 4. The summed E-state index contributed by atoms with van der Waals surface area (Å²) in [6.45, 7) is 1.70. The summed E-state index contributed by atoms with van der Waals surface area (Å²) in [5, 5.41) is 0. The van der Waals surface area contributed by atoms with Crippen LogP contribution in [0.4, 0.5) is 5.69 Å². The third-order valence-corrected chi connectivity index (χ3v) is 6.44. The Morgan fingerprint density at radius 1 is 0.926 bits per heavy atom. The first-order valence-corrected chi connectivity index (χ1v) is 10.1. The van der Waals surface area contributed by atoms with E-state index >= 15 is 0 Å². The molecule has 27 heavy (non-hydrogen) atoms. The van der Waals surface area contributed by atoms with E-state index in [1.807, 2.05) is 12.1 Å². The van der Waals surface area contributed by atoms with E-state index in [-0.39, 0.29) is 18.3 Å². The van der Waals surface area contributed by atoms with Gasteiger partial charge in [0.15, 0.2) is 0 Å². The van der Waals surface area contributed by atoms with Crippen LogP contribution in [0.2, 0.25) is 0 Å². The summed E-state index contributed by atoms with van der Waals surface area (Å²) in [7, 11) is -3.52. The zero-order valence-electron chi connectivity index (χ0n) is 15.0. The molecule has 2 aromatic carbocycles. The minimum atomic E-state index is -3.52. The lowest BCUT2D eigenvalue weighted by Gasteiger charge is -2.22. The van der Waals surface area contributed by atoms with Crippen LogP contribution >= 0.6 is 12.4 Å². The summed E-state index contributed by atoms with van der Waals surface area (Å²) in [4.78, 5) is 14.6. The monoisotopic (exact) mass is 409 g/mol. The molecule has 146 valence electrons. The lowest BCUT2D eigenvalue weighted by Crippen LogP contribution is -2.37. The molecule has 0 aliphatic carbocycles. The number of nitrogens with two attached hydrogens (primary N) is 1. The van der Waals surface area contributed by atoms with Crippen LogP contribution in [0.15, 0.2) is 59.5 Å². The van der Waals surface area contributed by atoms with E-state index < -0.39 is 10.0 Å². The van der Waals surface area contributed by atoms with E-state index in [2.05, 4.69) is 0 Å². The number of nitrogen functional groups attached to an aromatic ring is 1. The fourth-order valence-electron chi connectivity index (χ4n) is 3.05. The number of carbonyl (C=O) groups excluding carboxylic acids is 1. The van der Waals surface area contributed by atoms with E-state index in [4.69, 9.17) is 5.73 Å². The first-order chi connectivity index (χ1) is 12.5. The van der Waals surface area contributed by atoms with Crippen molar-refractivity contribution in [3.63, 3.8) is 0 Å². The van der Waals surface area contributed by atoms with Gasteiger partial charge in [0.05, 0.1) is 11.3 Å². The van der Waals surface area contributed by atoms with Gasteiger partial charge < -0.3 is 10.6 Å². The fraction of sp³-hybridized carbons (Fsp3) is 0.316. The lowest BCUT2D eigenvalue weighted by molar-refractivity contribution is -0.130. The van der Waals surface area contributed by atoms with Gasteiger partial charge in [0.1, 0.15) is 0 Å². The van der Waals surface area contributed by atoms with E-state index in [9.17, 15) is 13.2 Å². The number of benzene rings is 2. The Bertz CT molecular complexity index is 858. The van der Waals surface area contributed by atoms with Crippen molar-refractivity contribution < 1.29 is 13.2 Å². The van der Waals surface area contributed by atoms with Crippen molar-refractivity contribution in [3.05, 3.63) is 60.2 Å². The number of halogens is 1. The van der Waals surface area contributed by atoms with Crippen LogP contribution in [0.1, 0.15) is 12.0 Å². The zero-order valence-corrected chi connectivity index (χ0v) is 16.6. The second kappa shape index (κ2) is 9.21. The van der Waals surface area contributed by atoms with Crippen LogP contribution in [0.5, 0.6) is 0 Å². The van der Waals surface area contributed by atoms with Crippen LogP contribution in [0.3, 0.4) is 0 Å². The molecule has 1 fully saturated rings. The van der Waals surface area contributed by atoms with Gasteiger partial charge in [-0.15, -0.1) is 12.4 Å². The number of hydrogen-bond acceptors (Lipinski definition) is 4. The zero-order chi connectivity index (χ0) is 18.6. The molecule has 1 aliphatic rings. The number of nitrogens with zero attached hydrogens (tertiary/aromatic N) is 2.